The average Bonchev–Trinajstić information content (AvgIpc) is 2.84. The maximum Gasteiger partial charge on any atom is 0.250 e. The number of aromatic nitrogens is 1. The molecule has 0 saturated heterocycles. The minimum atomic E-state index is -0.381. The van der Waals surface area contributed by atoms with E-state index in [1.165, 1.54) is 0 Å². The third kappa shape index (κ3) is 3.47. The molecule has 2 aromatic carbocycles. The molecule has 1 heterocycles. The van der Waals surface area contributed by atoms with Gasteiger partial charge < -0.3 is 10.3 Å². The van der Waals surface area contributed by atoms with E-state index in [1.807, 2.05) is 50.2 Å². The monoisotopic (exact) mass is 352 g/mol. The molecule has 3 aromatic rings. The van der Waals surface area contributed by atoms with Crippen LogP contribution < -0.4 is 5.73 Å². The number of amides is 1. The molecule has 4 heteroatoms. The Morgan fingerprint density at radius 1 is 1.08 bits per heavy atom. The van der Waals surface area contributed by atoms with Gasteiger partial charge in [0.25, 0.3) is 5.91 Å². The van der Waals surface area contributed by atoms with Crippen LogP contribution in [0.4, 0.5) is 0 Å². The summed E-state index contributed by atoms with van der Waals surface area (Å²) in [6, 6.07) is 18.0. The molecule has 3 rings (SSSR count). The lowest BCUT2D eigenvalue weighted by Crippen LogP contribution is -2.13. The van der Waals surface area contributed by atoms with Crippen molar-refractivity contribution in [1.29, 1.82) is 0 Å². The van der Waals surface area contributed by atoms with Crippen molar-refractivity contribution in [3.05, 3.63) is 82.0 Å². The van der Waals surface area contributed by atoms with Crippen molar-refractivity contribution in [3.8, 4) is 11.3 Å². The van der Waals surface area contributed by atoms with E-state index in [4.69, 9.17) is 17.3 Å². The van der Waals surface area contributed by atoms with Gasteiger partial charge >= 0.3 is 0 Å². The Morgan fingerprint density at radius 3 is 2.44 bits per heavy atom. The summed E-state index contributed by atoms with van der Waals surface area (Å²) in [6.45, 7) is 4.67. The predicted molar refractivity (Wildman–Crippen MR) is 103 cm³/mol. The highest BCUT2D eigenvalue weighted by molar-refractivity contribution is 6.30. The van der Waals surface area contributed by atoms with E-state index in [0.29, 0.717) is 5.56 Å². The van der Waals surface area contributed by atoms with E-state index in [1.54, 1.807) is 0 Å². The summed E-state index contributed by atoms with van der Waals surface area (Å²) < 4.78 is 2.19. The number of hydrogen-bond acceptors (Lipinski definition) is 1. The average molecular weight is 353 g/mol. The first-order valence-corrected chi connectivity index (χ1v) is 8.66. The number of aryl methyl sites for hydroxylation is 1. The zero-order chi connectivity index (χ0) is 18.0. The van der Waals surface area contributed by atoms with Crippen LogP contribution >= 0.6 is 11.6 Å². The maximum absolute atomic E-state index is 11.9. The van der Waals surface area contributed by atoms with Crippen molar-refractivity contribution in [2.75, 3.05) is 0 Å². The van der Waals surface area contributed by atoms with E-state index in [-0.39, 0.29) is 5.91 Å². The SMILES string of the molecule is Cc1c(C(N)=O)c(C)n(CCc2cccc(Cl)c2)c1-c1ccccc1. The van der Waals surface area contributed by atoms with E-state index >= 15 is 0 Å². The van der Waals surface area contributed by atoms with Crippen molar-refractivity contribution < 1.29 is 4.79 Å². The molecule has 128 valence electrons. The van der Waals surface area contributed by atoms with Crippen LogP contribution in [0.3, 0.4) is 0 Å². The van der Waals surface area contributed by atoms with Gasteiger partial charge in [-0.05, 0) is 49.1 Å². The molecular weight excluding hydrogens is 332 g/mol. The largest absolute Gasteiger partial charge is 0.366 e. The van der Waals surface area contributed by atoms with Crippen LogP contribution in [0, 0.1) is 13.8 Å². The van der Waals surface area contributed by atoms with E-state index < -0.39 is 0 Å². The van der Waals surface area contributed by atoms with Gasteiger partial charge in [-0.25, -0.2) is 0 Å². The molecule has 1 aromatic heterocycles. The molecule has 0 atom stereocenters. The molecule has 0 saturated carbocycles. The van der Waals surface area contributed by atoms with E-state index in [2.05, 4.69) is 22.8 Å². The summed E-state index contributed by atoms with van der Waals surface area (Å²) >= 11 is 6.09. The maximum atomic E-state index is 11.9. The summed E-state index contributed by atoms with van der Waals surface area (Å²) in [5, 5.41) is 0.735. The summed E-state index contributed by atoms with van der Waals surface area (Å²) in [6.07, 6.45) is 0.827. The van der Waals surface area contributed by atoms with Crippen molar-refractivity contribution in [2.24, 2.45) is 5.73 Å². The Hall–Kier alpha value is -2.52. The highest BCUT2D eigenvalue weighted by Crippen LogP contribution is 2.31. The second-order valence-electron chi connectivity index (χ2n) is 6.20. The quantitative estimate of drug-likeness (QED) is 0.706. The molecule has 0 aliphatic carbocycles. The number of rotatable bonds is 5. The predicted octanol–water partition coefficient (Wildman–Crippen LogP) is 4.77. The minimum Gasteiger partial charge on any atom is -0.366 e. The van der Waals surface area contributed by atoms with Crippen LogP contribution in [0.5, 0.6) is 0 Å². The van der Waals surface area contributed by atoms with Crippen molar-refractivity contribution in [1.82, 2.24) is 4.57 Å². The van der Waals surface area contributed by atoms with E-state index in [9.17, 15) is 4.79 Å². The number of nitrogens with zero attached hydrogens (tertiary/aromatic N) is 1. The molecule has 0 unspecified atom stereocenters. The number of nitrogens with two attached hydrogens (primary N) is 1. The van der Waals surface area contributed by atoms with Gasteiger partial charge in [0, 0.05) is 17.3 Å². The fourth-order valence-electron chi connectivity index (χ4n) is 3.44. The van der Waals surface area contributed by atoms with Crippen LogP contribution in [-0.2, 0) is 13.0 Å². The Labute approximate surface area is 153 Å². The van der Waals surface area contributed by atoms with Crippen LogP contribution in [0.1, 0.15) is 27.2 Å². The van der Waals surface area contributed by atoms with Crippen LogP contribution in [0.15, 0.2) is 54.6 Å². The van der Waals surface area contributed by atoms with Crippen LogP contribution in [-0.4, -0.2) is 10.5 Å². The van der Waals surface area contributed by atoms with E-state index in [0.717, 1.165) is 46.1 Å². The Morgan fingerprint density at radius 2 is 1.80 bits per heavy atom. The second kappa shape index (κ2) is 7.16. The Balaban J connectivity index is 2.05. The summed E-state index contributed by atoms with van der Waals surface area (Å²) in [5.74, 6) is -0.381. The first-order chi connectivity index (χ1) is 12.0. The van der Waals surface area contributed by atoms with Crippen molar-refractivity contribution >= 4 is 17.5 Å². The third-order valence-corrected chi connectivity index (χ3v) is 4.81. The normalized spacial score (nSPS) is 10.8. The molecule has 0 fully saturated rings. The first-order valence-electron chi connectivity index (χ1n) is 8.28. The molecule has 0 aliphatic rings. The van der Waals surface area contributed by atoms with Gasteiger partial charge in [-0.2, -0.15) is 0 Å². The van der Waals surface area contributed by atoms with Gasteiger partial charge in [-0.15, -0.1) is 0 Å². The standard InChI is InChI=1S/C21H21ClN2O/c1-14-19(21(23)25)15(2)24(20(14)17-8-4-3-5-9-17)12-11-16-7-6-10-18(22)13-16/h3-10,13H,11-12H2,1-2H3,(H2,23,25). The number of carbonyl (C=O) groups excluding carboxylic acids is 1. The molecular formula is C21H21ClN2O. The van der Waals surface area contributed by atoms with Gasteiger partial charge in [0.1, 0.15) is 0 Å². The van der Waals surface area contributed by atoms with Crippen molar-refractivity contribution in [2.45, 2.75) is 26.8 Å². The zero-order valence-corrected chi connectivity index (χ0v) is 15.2. The zero-order valence-electron chi connectivity index (χ0n) is 14.4. The molecule has 1 amide bonds. The Kier molecular flexibility index (Phi) is 4.95. The van der Waals surface area contributed by atoms with Gasteiger partial charge in [0.2, 0.25) is 0 Å². The van der Waals surface area contributed by atoms with Crippen LogP contribution in [0.25, 0.3) is 11.3 Å². The number of halogens is 1. The number of primary amides is 1. The molecule has 25 heavy (non-hydrogen) atoms. The molecule has 3 nitrogen and oxygen atoms in total. The minimum absolute atomic E-state index is 0.381. The van der Waals surface area contributed by atoms with Crippen LogP contribution in [0.2, 0.25) is 5.02 Å². The Bertz CT molecular complexity index is 913. The lowest BCUT2D eigenvalue weighted by atomic mass is 10.0. The summed E-state index contributed by atoms with van der Waals surface area (Å²) in [7, 11) is 0. The van der Waals surface area contributed by atoms with Gasteiger partial charge in [0.05, 0.1) is 11.3 Å². The second-order valence-corrected chi connectivity index (χ2v) is 6.63. The fraction of sp³-hybridized carbons (Fsp3) is 0.190. The number of hydrogen-bond donors (Lipinski definition) is 1. The fourth-order valence-corrected chi connectivity index (χ4v) is 3.65. The number of benzene rings is 2. The lowest BCUT2D eigenvalue weighted by Gasteiger charge is -2.13. The van der Waals surface area contributed by atoms with Gasteiger partial charge in [-0.3, -0.25) is 4.79 Å². The highest BCUT2D eigenvalue weighted by atomic mass is 35.5. The first kappa shape index (κ1) is 17.3. The third-order valence-electron chi connectivity index (χ3n) is 4.57. The smallest absolute Gasteiger partial charge is 0.250 e. The van der Waals surface area contributed by atoms with Gasteiger partial charge in [-0.1, -0.05) is 54.1 Å². The van der Waals surface area contributed by atoms with Crippen molar-refractivity contribution in [3.63, 3.8) is 0 Å². The summed E-state index contributed by atoms with van der Waals surface area (Å²) in [5.41, 5.74) is 11.4. The lowest BCUT2D eigenvalue weighted by molar-refractivity contribution is 0.0999. The van der Waals surface area contributed by atoms with Gasteiger partial charge in [0.15, 0.2) is 0 Å². The molecule has 0 aliphatic heterocycles. The topological polar surface area (TPSA) is 48.0 Å². The molecule has 0 spiro atoms. The molecule has 0 radical (unpaired) electrons. The highest BCUT2D eigenvalue weighted by Gasteiger charge is 2.21. The summed E-state index contributed by atoms with van der Waals surface area (Å²) in [4.78, 5) is 11.9. The molecule has 2 N–H and O–H groups in total. The number of carbonyl (C=O) groups is 1. The molecule has 0 bridgehead atoms.